The zero-order valence-corrected chi connectivity index (χ0v) is 19.2. The minimum absolute atomic E-state index is 0.620. The van der Waals surface area contributed by atoms with Crippen molar-refractivity contribution in [2.45, 2.75) is 26.8 Å². The summed E-state index contributed by atoms with van der Waals surface area (Å²) in [6, 6.07) is 6.15. The molecule has 0 aromatic carbocycles. The minimum atomic E-state index is 0.620. The molecule has 6 heterocycles. The third-order valence-electron chi connectivity index (χ3n) is 6.21. The lowest BCUT2D eigenvalue weighted by molar-refractivity contribution is 0.122. The molecule has 5 aromatic heterocycles. The number of fused-ring (bicyclic) bond motifs is 2. The monoisotopic (exact) mass is 455 g/mol. The van der Waals surface area contributed by atoms with Gasteiger partial charge in [0.25, 0.3) is 0 Å². The second-order valence-electron chi connectivity index (χ2n) is 8.38. The lowest BCUT2D eigenvalue weighted by Gasteiger charge is -2.27. The molecule has 10 nitrogen and oxygen atoms in total. The highest BCUT2D eigenvalue weighted by molar-refractivity contribution is 5.82. The van der Waals surface area contributed by atoms with Crippen LogP contribution in [0.1, 0.15) is 24.0 Å². The van der Waals surface area contributed by atoms with Gasteiger partial charge in [-0.1, -0.05) is 13.0 Å². The SMILES string of the molecule is CCc1nc(-c2nc3cnc(N4CCOCC4)cc3n2Cc2cccnc2)cn2c(C)nnc12. The number of hydrogen-bond donors (Lipinski definition) is 0. The average molecular weight is 456 g/mol. The molecule has 1 saturated heterocycles. The Morgan fingerprint density at radius 2 is 1.97 bits per heavy atom. The van der Waals surface area contributed by atoms with E-state index in [0.717, 1.165) is 70.6 Å². The molecule has 5 aromatic rings. The Hall–Kier alpha value is -3.92. The van der Waals surface area contributed by atoms with Gasteiger partial charge in [-0.2, -0.15) is 0 Å². The molecule has 0 saturated carbocycles. The van der Waals surface area contributed by atoms with Gasteiger partial charge < -0.3 is 14.2 Å². The van der Waals surface area contributed by atoms with Crippen LogP contribution < -0.4 is 4.90 Å². The third-order valence-corrected chi connectivity index (χ3v) is 6.21. The molecule has 1 fully saturated rings. The first-order valence-electron chi connectivity index (χ1n) is 11.5. The number of nitrogens with zero attached hydrogens (tertiary/aromatic N) is 9. The van der Waals surface area contributed by atoms with Crippen LogP contribution in [0.4, 0.5) is 5.82 Å². The summed E-state index contributed by atoms with van der Waals surface area (Å²) in [4.78, 5) is 21.2. The van der Waals surface area contributed by atoms with Gasteiger partial charge in [-0.3, -0.25) is 9.38 Å². The number of morpholine rings is 1. The highest BCUT2D eigenvalue weighted by Gasteiger charge is 2.20. The summed E-state index contributed by atoms with van der Waals surface area (Å²) in [7, 11) is 0. The number of rotatable bonds is 5. The Morgan fingerprint density at radius 3 is 2.76 bits per heavy atom. The summed E-state index contributed by atoms with van der Waals surface area (Å²) in [5.41, 5.74) is 5.39. The zero-order valence-electron chi connectivity index (χ0n) is 19.2. The van der Waals surface area contributed by atoms with Crippen molar-refractivity contribution in [1.29, 1.82) is 0 Å². The minimum Gasteiger partial charge on any atom is -0.378 e. The summed E-state index contributed by atoms with van der Waals surface area (Å²) in [5, 5.41) is 8.56. The van der Waals surface area contributed by atoms with Crippen molar-refractivity contribution < 1.29 is 4.74 Å². The summed E-state index contributed by atoms with van der Waals surface area (Å²) < 4.78 is 9.71. The average Bonchev–Trinajstić information content (AvgIpc) is 3.44. The zero-order chi connectivity index (χ0) is 23.1. The molecule has 0 N–H and O–H groups in total. The van der Waals surface area contributed by atoms with E-state index in [1.165, 1.54) is 0 Å². The van der Waals surface area contributed by atoms with E-state index >= 15 is 0 Å². The van der Waals surface area contributed by atoms with Gasteiger partial charge in [0.1, 0.15) is 22.9 Å². The predicted octanol–water partition coefficient (Wildman–Crippen LogP) is 2.69. The van der Waals surface area contributed by atoms with Crippen molar-refractivity contribution in [1.82, 2.24) is 39.1 Å². The fourth-order valence-electron chi connectivity index (χ4n) is 4.43. The van der Waals surface area contributed by atoms with Crippen molar-refractivity contribution in [3.05, 3.63) is 60.1 Å². The van der Waals surface area contributed by atoms with E-state index in [4.69, 9.17) is 19.7 Å². The van der Waals surface area contributed by atoms with E-state index < -0.39 is 0 Å². The maximum absolute atomic E-state index is 5.52. The Morgan fingerprint density at radius 1 is 1.09 bits per heavy atom. The van der Waals surface area contributed by atoms with Crippen LogP contribution in [0.15, 0.2) is 43.0 Å². The molecule has 34 heavy (non-hydrogen) atoms. The number of aromatic nitrogens is 8. The Labute approximate surface area is 196 Å². The van der Waals surface area contributed by atoms with Crippen molar-refractivity contribution in [3.8, 4) is 11.5 Å². The van der Waals surface area contributed by atoms with E-state index in [-0.39, 0.29) is 0 Å². The normalized spacial score (nSPS) is 14.4. The van der Waals surface area contributed by atoms with Crippen LogP contribution in [-0.2, 0) is 17.7 Å². The molecular formula is C24H25N9O. The van der Waals surface area contributed by atoms with Crippen LogP contribution in [0.25, 0.3) is 28.2 Å². The maximum Gasteiger partial charge on any atom is 0.182 e. The van der Waals surface area contributed by atoms with Gasteiger partial charge >= 0.3 is 0 Å². The molecule has 0 radical (unpaired) electrons. The molecule has 0 amide bonds. The number of hydrogen-bond acceptors (Lipinski definition) is 8. The standard InChI is InChI=1S/C24H25N9O/c1-3-18-24-30-29-16(2)32(24)15-20(27-18)23-28-19-13-26-22(31-7-9-34-10-8-31)11-21(19)33(23)14-17-5-4-6-25-12-17/h4-6,11-13,15H,3,7-10,14H2,1-2H3. The molecule has 1 aliphatic rings. The molecule has 1 aliphatic heterocycles. The van der Waals surface area contributed by atoms with Crippen LogP contribution in [0, 0.1) is 6.92 Å². The van der Waals surface area contributed by atoms with Crippen molar-refractivity contribution in [2.24, 2.45) is 0 Å². The Bertz CT molecular complexity index is 1470. The molecule has 0 atom stereocenters. The van der Waals surface area contributed by atoms with E-state index in [9.17, 15) is 0 Å². The second-order valence-corrected chi connectivity index (χ2v) is 8.38. The molecule has 10 heteroatoms. The Balaban J connectivity index is 1.55. The fraction of sp³-hybridized carbons (Fsp3) is 0.333. The molecule has 0 aliphatic carbocycles. The van der Waals surface area contributed by atoms with Gasteiger partial charge in [-0.25, -0.2) is 15.0 Å². The van der Waals surface area contributed by atoms with Gasteiger partial charge in [-0.05, 0) is 25.0 Å². The first-order valence-corrected chi connectivity index (χ1v) is 11.5. The smallest absolute Gasteiger partial charge is 0.182 e. The quantitative estimate of drug-likeness (QED) is 0.399. The highest BCUT2D eigenvalue weighted by Crippen LogP contribution is 2.28. The third kappa shape index (κ3) is 3.56. The van der Waals surface area contributed by atoms with E-state index in [0.29, 0.717) is 19.8 Å². The fourth-order valence-corrected chi connectivity index (χ4v) is 4.43. The molecule has 0 unspecified atom stereocenters. The summed E-state index contributed by atoms with van der Waals surface area (Å²) in [6.07, 6.45) is 8.25. The molecule has 6 rings (SSSR count). The molecule has 0 bridgehead atoms. The first-order chi connectivity index (χ1) is 16.7. The summed E-state index contributed by atoms with van der Waals surface area (Å²) in [6.45, 7) is 7.71. The van der Waals surface area contributed by atoms with Gasteiger partial charge in [0.05, 0.1) is 37.2 Å². The number of anilines is 1. The van der Waals surface area contributed by atoms with Crippen molar-refractivity contribution in [2.75, 3.05) is 31.2 Å². The van der Waals surface area contributed by atoms with Crippen LogP contribution in [0.2, 0.25) is 0 Å². The van der Waals surface area contributed by atoms with Crippen LogP contribution in [0.5, 0.6) is 0 Å². The van der Waals surface area contributed by atoms with Gasteiger partial charge in [0.15, 0.2) is 11.5 Å². The first kappa shape index (κ1) is 20.7. The van der Waals surface area contributed by atoms with Gasteiger partial charge in [0, 0.05) is 37.7 Å². The van der Waals surface area contributed by atoms with Crippen LogP contribution >= 0.6 is 0 Å². The van der Waals surface area contributed by atoms with Gasteiger partial charge in [0.2, 0.25) is 0 Å². The van der Waals surface area contributed by atoms with Crippen LogP contribution in [-0.4, -0.2) is 65.4 Å². The second kappa shape index (κ2) is 8.45. The van der Waals surface area contributed by atoms with Crippen LogP contribution in [0.3, 0.4) is 0 Å². The lowest BCUT2D eigenvalue weighted by atomic mass is 10.2. The largest absolute Gasteiger partial charge is 0.378 e. The summed E-state index contributed by atoms with van der Waals surface area (Å²) >= 11 is 0. The van der Waals surface area contributed by atoms with E-state index in [2.05, 4.69) is 43.7 Å². The molecular weight excluding hydrogens is 430 g/mol. The number of imidazole rings is 1. The van der Waals surface area contributed by atoms with E-state index in [1.807, 2.05) is 36.0 Å². The van der Waals surface area contributed by atoms with Gasteiger partial charge in [-0.15, -0.1) is 10.2 Å². The Kier molecular flexibility index (Phi) is 5.14. The lowest BCUT2D eigenvalue weighted by Crippen LogP contribution is -2.36. The predicted molar refractivity (Wildman–Crippen MR) is 128 cm³/mol. The highest BCUT2D eigenvalue weighted by atomic mass is 16.5. The summed E-state index contributed by atoms with van der Waals surface area (Å²) in [5.74, 6) is 2.53. The number of pyridine rings is 2. The maximum atomic E-state index is 5.52. The number of aryl methyl sites for hydroxylation is 2. The number of ether oxygens (including phenoxy) is 1. The van der Waals surface area contributed by atoms with Crippen molar-refractivity contribution >= 4 is 22.5 Å². The molecule has 172 valence electrons. The van der Waals surface area contributed by atoms with Crippen molar-refractivity contribution in [3.63, 3.8) is 0 Å². The topological polar surface area (TPSA) is 99.2 Å². The molecule has 0 spiro atoms. The van der Waals surface area contributed by atoms with E-state index in [1.54, 1.807) is 6.20 Å².